The second kappa shape index (κ2) is 8.77. The van der Waals surface area contributed by atoms with Crippen LogP contribution in [0.5, 0.6) is 0 Å². The van der Waals surface area contributed by atoms with Gasteiger partial charge in [0, 0.05) is 6.54 Å². The van der Waals surface area contributed by atoms with Gasteiger partial charge in [-0.05, 0) is 58.7 Å². The Bertz CT molecular complexity index is 263. The van der Waals surface area contributed by atoms with Crippen LogP contribution in [0.25, 0.3) is 0 Å². The molecule has 1 fully saturated rings. The highest BCUT2D eigenvalue weighted by Crippen LogP contribution is 2.18. The normalized spacial score (nSPS) is 20.4. The lowest BCUT2D eigenvalue weighted by atomic mass is 9.93. The maximum Gasteiger partial charge on any atom is 0.239 e. The van der Waals surface area contributed by atoms with Crippen LogP contribution in [0.1, 0.15) is 46.0 Å². The predicted molar refractivity (Wildman–Crippen MR) is 82.6 cm³/mol. The molecule has 1 saturated heterocycles. The largest absolute Gasteiger partial charge is 0.355 e. The topological polar surface area (TPSA) is 58.4 Å². The zero-order chi connectivity index (χ0) is 13.6. The number of nitrogens with one attached hydrogen (secondary N) is 1. The van der Waals surface area contributed by atoms with Crippen molar-refractivity contribution in [2.75, 3.05) is 26.7 Å². The molecule has 5 heteroatoms. The maximum absolute atomic E-state index is 11.9. The van der Waals surface area contributed by atoms with Gasteiger partial charge in [-0.3, -0.25) is 4.79 Å². The monoisotopic (exact) mass is 291 g/mol. The lowest BCUT2D eigenvalue weighted by molar-refractivity contribution is -0.126. The van der Waals surface area contributed by atoms with E-state index in [0.29, 0.717) is 0 Å². The number of piperidine rings is 1. The zero-order valence-electron chi connectivity index (χ0n) is 12.6. The number of rotatable bonds is 6. The summed E-state index contributed by atoms with van der Waals surface area (Å²) in [6.07, 6.45) is 5.27. The Hall–Kier alpha value is -0.320. The van der Waals surface area contributed by atoms with Gasteiger partial charge in [0.15, 0.2) is 0 Å². The van der Waals surface area contributed by atoms with Crippen LogP contribution in [-0.2, 0) is 4.79 Å². The Kier molecular flexibility index (Phi) is 8.62. The van der Waals surface area contributed by atoms with Gasteiger partial charge in [-0.2, -0.15) is 0 Å². The Morgan fingerprint density at radius 3 is 2.53 bits per heavy atom. The van der Waals surface area contributed by atoms with E-state index in [1.807, 2.05) is 6.92 Å². The van der Waals surface area contributed by atoms with Crippen LogP contribution in [0.4, 0.5) is 0 Å². The minimum atomic E-state index is -0.707. The second-order valence-electron chi connectivity index (χ2n) is 5.96. The minimum Gasteiger partial charge on any atom is -0.355 e. The van der Waals surface area contributed by atoms with Gasteiger partial charge < -0.3 is 16.0 Å². The molecule has 0 spiro atoms. The molecule has 1 amide bonds. The number of hydrogen-bond acceptors (Lipinski definition) is 3. The lowest BCUT2D eigenvalue weighted by Crippen LogP contribution is -2.51. The zero-order valence-corrected chi connectivity index (χ0v) is 13.4. The van der Waals surface area contributed by atoms with Crippen molar-refractivity contribution in [1.29, 1.82) is 0 Å². The molecule has 0 aromatic rings. The molecule has 1 aliphatic heterocycles. The van der Waals surface area contributed by atoms with Gasteiger partial charge in [-0.15, -0.1) is 12.4 Å². The third-order valence-corrected chi connectivity index (χ3v) is 3.96. The molecule has 1 heterocycles. The molecule has 1 unspecified atom stereocenters. The number of likely N-dealkylation sites (tertiary alicyclic amines) is 1. The van der Waals surface area contributed by atoms with E-state index < -0.39 is 5.54 Å². The van der Waals surface area contributed by atoms with Crippen LogP contribution in [0.2, 0.25) is 0 Å². The molecule has 0 saturated carbocycles. The van der Waals surface area contributed by atoms with Crippen molar-refractivity contribution in [1.82, 2.24) is 10.2 Å². The van der Waals surface area contributed by atoms with Gasteiger partial charge in [-0.25, -0.2) is 0 Å². The molecule has 0 bridgehead atoms. The average molecular weight is 292 g/mol. The summed E-state index contributed by atoms with van der Waals surface area (Å²) in [6.45, 7) is 7.01. The molecule has 3 N–H and O–H groups in total. The van der Waals surface area contributed by atoms with Gasteiger partial charge in [0.1, 0.15) is 0 Å². The molecule has 1 aliphatic rings. The fourth-order valence-electron chi connectivity index (χ4n) is 2.58. The van der Waals surface area contributed by atoms with Crippen molar-refractivity contribution in [3.63, 3.8) is 0 Å². The first-order valence-corrected chi connectivity index (χ1v) is 7.21. The molecule has 0 radical (unpaired) electrons. The fraction of sp³-hybridized carbons (Fsp3) is 0.929. The Labute approximate surface area is 123 Å². The number of hydrogen-bond donors (Lipinski definition) is 2. The summed E-state index contributed by atoms with van der Waals surface area (Å²) in [5.74, 6) is 0.758. The van der Waals surface area contributed by atoms with Crippen molar-refractivity contribution >= 4 is 18.3 Å². The van der Waals surface area contributed by atoms with Crippen molar-refractivity contribution in [3.05, 3.63) is 0 Å². The molecular formula is C14H30ClN3O. The van der Waals surface area contributed by atoms with E-state index in [4.69, 9.17) is 5.73 Å². The summed E-state index contributed by atoms with van der Waals surface area (Å²) in [5, 5.41) is 2.99. The molecule has 0 aliphatic carbocycles. The van der Waals surface area contributed by atoms with Crippen molar-refractivity contribution in [2.24, 2.45) is 11.7 Å². The van der Waals surface area contributed by atoms with E-state index in [0.717, 1.165) is 31.7 Å². The van der Waals surface area contributed by atoms with E-state index >= 15 is 0 Å². The summed E-state index contributed by atoms with van der Waals surface area (Å²) in [6, 6.07) is 0. The quantitative estimate of drug-likeness (QED) is 0.784. The first kappa shape index (κ1) is 18.7. The van der Waals surface area contributed by atoms with E-state index in [1.54, 1.807) is 0 Å². The number of nitrogens with zero attached hydrogens (tertiary/aromatic N) is 1. The molecule has 0 aromatic heterocycles. The predicted octanol–water partition coefficient (Wildman–Crippen LogP) is 1.77. The van der Waals surface area contributed by atoms with E-state index in [1.165, 1.54) is 25.9 Å². The average Bonchev–Trinajstić information content (AvgIpc) is 2.31. The van der Waals surface area contributed by atoms with Crippen LogP contribution in [-0.4, -0.2) is 43.0 Å². The van der Waals surface area contributed by atoms with Crippen molar-refractivity contribution in [3.8, 4) is 0 Å². The van der Waals surface area contributed by atoms with Gasteiger partial charge >= 0.3 is 0 Å². The van der Waals surface area contributed by atoms with Crippen LogP contribution in [0.15, 0.2) is 0 Å². The lowest BCUT2D eigenvalue weighted by Gasteiger charge is -2.29. The van der Waals surface area contributed by atoms with Crippen LogP contribution in [0, 0.1) is 5.92 Å². The summed E-state index contributed by atoms with van der Waals surface area (Å²) in [5.41, 5.74) is 5.28. The summed E-state index contributed by atoms with van der Waals surface area (Å²) in [4.78, 5) is 14.3. The Balaban J connectivity index is 0.00000324. The van der Waals surface area contributed by atoms with E-state index in [2.05, 4.69) is 24.2 Å². The molecule has 1 atom stereocenters. The van der Waals surface area contributed by atoms with Crippen LogP contribution < -0.4 is 11.1 Å². The smallest absolute Gasteiger partial charge is 0.239 e. The third-order valence-electron chi connectivity index (χ3n) is 3.96. The maximum atomic E-state index is 11.9. The van der Waals surface area contributed by atoms with Gasteiger partial charge in [-0.1, -0.05) is 13.3 Å². The first-order chi connectivity index (χ1) is 8.45. The second-order valence-corrected chi connectivity index (χ2v) is 5.96. The summed E-state index contributed by atoms with van der Waals surface area (Å²) >= 11 is 0. The SMILES string of the molecule is CCCC(C)(N)C(=O)NCCC1CCN(C)CC1.Cl. The molecule has 1 rings (SSSR count). The van der Waals surface area contributed by atoms with E-state index in [9.17, 15) is 4.79 Å². The van der Waals surface area contributed by atoms with Gasteiger partial charge in [0.25, 0.3) is 0 Å². The highest BCUT2D eigenvalue weighted by molar-refractivity contribution is 5.85. The first-order valence-electron chi connectivity index (χ1n) is 7.21. The van der Waals surface area contributed by atoms with Crippen LogP contribution in [0.3, 0.4) is 0 Å². The fourth-order valence-corrected chi connectivity index (χ4v) is 2.58. The van der Waals surface area contributed by atoms with Crippen molar-refractivity contribution in [2.45, 2.75) is 51.5 Å². The van der Waals surface area contributed by atoms with E-state index in [-0.39, 0.29) is 18.3 Å². The Morgan fingerprint density at radius 2 is 2.00 bits per heavy atom. The number of carbonyl (C=O) groups excluding carboxylic acids is 1. The number of halogens is 1. The Morgan fingerprint density at radius 1 is 1.42 bits per heavy atom. The van der Waals surface area contributed by atoms with Gasteiger partial charge in [0.05, 0.1) is 5.54 Å². The number of carbonyl (C=O) groups is 1. The molecule has 114 valence electrons. The summed E-state index contributed by atoms with van der Waals surface area (Å²) in [7, 11) is 2.17. The molecule has 19 heavy (non-hydrogen) atoms. The summed E-state index contributed by atoms with van der Waals surface area (Å²) < 4.78 is 0. The highest BCUT2D eigenvalue weighted by Gasteiger charge is 2.26. The number of amides is 1. The molecule has 4 nitrogen and oxygen atoms in total. The number of nitrogens with two attached hydrogens (primary N) is 1. The van der Waals surface area contributed by atoms with Crippen molar-refractivity contribution < 1.29 is 4.79 Å². The molecular weight excluding hydrogens is 262 g/mol. The van der Waals surface area contributed by atoms with Crippen LogP contribution >= 0.6 is 12.4 Å². The standard InChI is InChI=1S/C14H29N3O.ClH/c1-4-8-14(2,15)13(18)16-9-5-12-6-10-17(3)11-7-12;/h12H,4-11,15H2,1-3H3,(H,16,18);1H. The third kappa shape index (κ3) is 6.59. The minimum absolute atomic E-state index is 0. The molecule has 0 aromatic carbocycles. The van der Waals surface area contributed by atoms with Gasteiger partial charge in [0.2, 0.25) is 5.91 Å². The highest BCUT2D eigenvalue weighted by atomic mass is 35.5.